The molecular weight excluding hydrogens is 392 g/mol. The summed E-state index contributed by atoms with van der Waals surface area (Å²) >= 11 is 0. The third-order valence-corrected chi connectivity index (χ3v) is 6.09. The van der Waals surface area contributed by atoms with Gasteiger partial charge in [-0.2, -0.15) is 0 Å². The van der Waals surface area contributed by atoms with Gasteiger partial charge in [-0.25, -0.2) is 4.79 Å². The minimum absolute atomic E-state index is 0.0745. The van der Waals surface area contributed by atoms with E-state index in [0.29, 0.717) is 19.4 Å². The fraction of sp³-hybridized carbons (Fsp3) is 0.458. The molecule has 2 aliphatic heterocycles. The molecule has 0 atom stereocenters. The lowest BCUT2D eigenvalue weighted by Gasteiger charge is -2.42. The first-order chi connectivity index (χ1) is 15.0. The number of amides is 3. The van der Waals surface area contributed by atoms with Crippen LogP contribution in [0.1, 0.15) is 38.1 Å². The van der Waals surface area contributed by atoms with Gasteiger partial charge in [-0.1, -0.05) is 26.0 Å². The second-order valence-corrected chi connectivity index (χ2v) is 8.75. The van der Waals surface area contributed by atoms with E-state index >= 15 is 0 Å². The topological polar surface area (TPSA) is 69.9 Å². The number of hydrogen-bond acceptors (Lipinski definition) is 5. The number of piperidine rings is 1. The number of carbonyl (C=O) groups excluding carboxylic acids is 2. The van der Waals surface area contributed by atoms with E-state index in [1.54, 1.807) is 12.5 Å². The summed E-state index contributed by atoms with van der Waals surface area (Å²) in [7, 11) is 0. The minimum atomic E-state index is -0.739. The average molecular weight is 423 g/mol. The average Bonchev–Trinajstić information content (AvgIpc) is 3.35. The molecule has 2 fully saturated rings. The third kappa shape index (κ3) is 4.42. The summed E-state index contributed by atoms with van der Waals surface area (Å²) in [4.78, 5) is 36.7. The molecule has 0 bridgehead atoms. The Morgan fingerprint density at radius 2 is 1.97 bits per heavy atom. The molecule has 0 saturated carbocycles. The van der Waals surface area contributed by atoms with Crippen LogP contribution in [0.4, 0.5) is 4.79 Å². The fourth-order valence-electron chi connectivity index (χ4n) is 4.49. The molecule has 3 amide bonds. The Morgan fingerprint density at radius 3 is 2.61 bits per heavy atom. The lowest BCUT2D eigenvalue weighted by atomic mass is 9.85. The summed E-state index contributed by atoms with van der Waals surface area (Å²) < 4.78 is 5.33. The predicted molar refractivity (Wildman–Crippen MR) is 118 cm³/mol. The van der Waals surface area contributed by atoms with Crippen molar-refractivity contribution in [2.45, 2.75) is 38.8 Å². The van der Waals surface area contributed by atoms with Crippen molar-refractivity contribution in [2.75, 3.05) is 26.2 Å². The van der Waals surface area contributed by atoms with Crippen LogP contribution in [0.5, 0.6) is 0 Å². The maximum Gasteiger partial charge on any atom is 0.328 e. The van der Waals surface area contributed by atoms with Gasteiger partial charge in [-0.15, -0.1) is 0 Å². The zero-order valence-electron chi connectivity index (χ0n) is 18.2. The van der Waals surface area contributed by atoms with Crippen molar-refractivity contribution in [2.24, 2.45) is 5.92 Å². The predicted octanol–water partition coefficient (Wildman–Crippen LogP) is 3.64. The summed E-state index contributed by atoms with van der Waals surface area (Å²) in [6.07, 6.45) is 8.70. The van der Waals surface area contributed by atoms with Crippen LogP contribution in [-0.4, -0.2) is 63.3 Å². The zero-order chi connectivity index (χ0) is 21.8. The first-order valence-electron chi connectivity index (χ1n) is 11.0. The second kappa shape index (κ2) is 9.06. The maximum atomic E-state index is 13.6. The van der Waals surface area contributed by atoms with Crippen LogP contribution in [0.3, 0.4) is 0 Å². The number of likely N-dealkylation sites (tertiary alicyclic amines) is 1. The van der Waals surface area contributed by atoms with E-state index in [9.17, 15) is 9.59 Å². The smallest absolute Gasteiger partial charge is 0.328 e. The number of imide groups is 1. The molecule has 2 aromatic heterocycles. The number of pyridine rings is 1. The number of carbonyl (C=O) groups is 2. The monoisotopic (exact) mass is 422 g/mol. The highest BCUT2D eigenvalue weighted by atomic mass is 16.3. The van der Waals surface area contributed by atoms with E-state index in [1.807, 2.05) is 41.3 Å². The zero-order valence-corrected chi connectivity index (χ0v) is 18.2. The molecule has 4 heterocycles. The number of nitrogens with zero attached hydrogens (tertiary/aromatic N) is 4. The molecule has 0 aromatic carbocycles. The molecule has 0 unspecified atom stereocenters. The van der Waals surface area contributed by atoms with Gasteiger partial charge in [0.1, 0.15) is 11.3 Å². The van der Waals surface area contributed by atoms with E-state index in [0.717, 1.165) is 31.1 Å². The Morgan fingerprint density at radius 1 is 1.16 bits per heavy atom. The van der Waals surface area contributed by atoms with Crippen molar-refractivity contribution < 1.29 is 14.0 Å². The second-order valence-electron chi connectivity index (χ2n) is 8.75. The molecule has 164 valence electrons. The molecule has 0 aliphatic carbocycles. The lowest BCUT2D eigenvalue weighted by molar-refractivity contribution is -0.136. The Kier molecular flexibility index (Phi) is 6.23. The first kappa shape index (κ1) is 21.3. The SMILES string of the molecule is CC(C)CN1C(=O)N(Cc2ccccn2)C(=O)C12CCN(C/C=C/c1ccco1)CC2. The van der Waals surface area contributed by atoms with Crippen molar-refractivity contribution in [3.05, 3.63) is 60.3 Å². The Labute approximate surface area is 183 Å². The van der Waals surface area contributed by atoms with Crippen LogP contribution in [0.25, 0.3) is 6.08 Å². The van der Waals surface area contributed by atoms with Crippen molar-refractivity contribution in [1.29, 1.82) is 0 Å². The highest BCUT2D eigenvalue weighted by Gasteiger charge is 2.57. The van der Waals surface area contributed by atoms with Crippen molar-refractivity contribution in [1.82, 2.24) is 19.7 Å². The standard InChI is InChI=1S/C24H30N4O3/c1-19(2)17-28-23(30)27(18-20-7-3-4-12-25-20)22(29)24(28)10-14-26(15-11-24)13-5-8-21-9-6-16-31-21/h3-9,12,16,19H,10-11,13-15,17-18H2,1-2H3/b8-5+. The first-order valence-corrected chi connectivity index (χ1v) is 11.0. The number of furan rings is 1. The number of hydrogen-bond donors (Lipinski definition) is 0. The van der Waals surface area contributed by atoms with E-state index in [4.69, 9.17) is 4.42 Å². The molecule has 2 saturated heterocycles. The molecule has 2 aliphatic rings. The summed E-state index contributed by atoms with van der Waals surface area (Å²) in [5, 5.41) is 0. The quantitative estimate of drug-likeness (QED) is 0.637. The minimum Gasteiger partial charge on any atom is -0.465 e. The van der Waals surface area contributed by atoms with Gasteiger partial charge < -0.3 is 9.32 Å². The van der Waals surface area contributed by atoms with E-state index < -0.39 is 5.54 Å². The van der Waals surface area contributed by atoms with Gasteiger partial charge >= 0.3 is 6.03 Å². The van der Waals surface area contributed by atoms with Crippen LogP contribution in [-0.2, 0) is 11.3 Å². The van der Waals surface area contributed by atoms with Gasteiger partial charge in [0.05, 0.1) is 18.5 Å². The summed E-state index contributed by atoms with van der Waals surface area (Å²) in [5.74, 6) is 1.05. The van der Waals surface area contributed by atoms with Gasteiger partial charge in [0.15, 0.2) is 0 Å². The van der Waals surface area contributed by atoms with Crippen molar-refractivity contribution in [3.63, 3.8) is 0 Å². The molecule has 0 N–H and O–H groups in total. The van der Waals surface area contributed by atoms with Crippen LogP contribution in [0.2, 0.25) is 0 Å². The van der Waals surface area contributed by atoms with Gasteiger partial charge in [0.2, 0.25) is 0 Å². The van der Waals surface area contributed by atoms with Gasteiger partial charge in [-0.05, 0) is 49.1 Å². The van der Waals surface area contributed by atoms with Gasteiger partial charge in [0, 0.05) is 32.4 Å². The molecule has 0 radical (unpaired) electrons. The van der Waals surface area contributed by atoms with Crippen LogP contribution in [0, 0.1) is 5.92 Å². The Hall–Kier alpha value is -2.93. The van der Waals surface area contributed by atoms with Crippen molar-refractivity contribution >= 4 is 18.0 Å². The fourth-order valence-corrected chi connectivity index (χ4v) is 4.49. The van der Waals surface area contributed by atoms with Gasteiger partial charge in [-0.3, -0.25) is 19.6 Å². The summed E-state index contributed by atoms with van der Waals surface area (Å²) in [5.41, 5.74) is -0.0107. The lowest BCUT2D eigenvalue weighted by Crippen LogP contribution is -2.57. The molecule has 31 heavy (non-hydrogen) atoms. The highest BCUT2D eigenvalue weighted by Crippen LogP contribution is 2.38. The van der Waals surface area contributed by atoms with E-state index in [-0.39, 0.29) is 24.4 Å². The summed E-state index contributed by atoms with van der Waals surface area (Å²) in [6, 6.07) is 9.17. The van der Waals surface area contributed by atoms with Gasteiger partial charge in [0.25, 0.3) is 5.91 Å². The number of aromatic nitrogens is 1. The third-order valence-electron chi connectivity index (χ3n) is 6.09. The number of urea groups is 1. The maximum absolute atomic E-state index is 13.6. The largest absolute Gasteiger partial charge is 0.465 e. The highest BCUT2D eigenvalue weighted by molar-refractivity contribution is 6.07. The molecule has 7 nitrogen and oxygen atoms in total. The molecule has 4 rings (SSSR count). The van der Waals surface area contributed by atoms with Crippen LogP contribution < -0.4 is 0 Å². The Bertz CT molecular complexity index is 916. The van der Waals surface area contributed by atoms with Crippen LogP contribution >= 0.6 is 0 Å². The molecule has 2 aromatic rings. The summed E-state index contributed by atoms with van der Waals surface area (Å²) in [6.45, 7) is 7.32. The number of rotatable bonds is 7. The Balaban J connectivity index is 1.47. The van der Waals surface area contributed by atoms with E-state index in [2.05, 4.69) is 29.8 Å². The van der Waals surface area contributed by atoms with Crippen molar-refractivity contribution in [3.8, 4) is 0 Å². The molecule has 7 heteroatoms. The molecular formula is C24H30N4O3. The molecule has 1 spiro atoms. The van der Waals surface area contributed by atoms with Crippen LogP contribution in [0.15, 0.2) is 53.3 Å². The normalized spacial score (nSPS) is 19.5. The van der Waals surface area contributed by atoms with E-state index in [1.165, 1.54) is 4.90 Å².